The van der Waals surface area contributed by atoms with Gasteiger partial charge < -0.3 is 10.3 Å². The van der Waals surface area contributed by atoms with Crippen LogP contribution in [0.25, 0.3) is 5.69 Å². The second kappa shape index (κ2) is 5.23. The van der Waals surface area contributed by atoms with Gasteiger partial charge in [0.15, 0.2) is 0 Å². The third kappa shape index (κ3) is 2.24. The van der Waals surface area contributed by atoms with E-state index in [2.05, 4.69) is 11.9 Å². The molecule has 94 valence electrons. The van der Waals surface area contributed by atoms with Crippen molar-refractivity contribution < 1.29 is 0 Å². The zero-order chi connectivity index (χ0) is 13.1. The van der Waals surface area contributed by atoms with Gasteiger partial charge >= 0.3 is 0 Å². The minimum atomic E-state index is -0.0354. The lowest BCUT2D eigenvalue weighted by Crippen LogP contribution is -2.16. The summed E-state index contributed by atoms with van der Waals surface area (Å²) in [5, 5.41) is 8.13. The summed E-state index contributed by atoms with van der Waals surface area (Å²) < 4.78 is 1.94. The zero-order valence-corrected chi connectivity index (χ0v) is 10.9. The van der Waals surface area contributed by atoms with Gasteiger partial charge in [0, 0.05) is 18.8 Å². The Hall–Kier alpha value is -1.81. The molecule has 1 heterocycles. The van der Waals surface area contributed by atoms with Crippen LogP contribution in [0.2, 0.25) is 5.02 Å². The lowest BCUT2D eigenvalue weighted by atomic mass is 10.1. The predicted molar refractivity (Wildman–Crippen MR) is 73.6 cm³/mol. The van der Waals surface area contributed by atoms with E-state index in [0.29, 0.717) is 10.6 Å². The second-order valence-electron chi connectivity index (χ2n) is 4.01. The van der Waals surface area contributed by atoms with Gasteiger partial charge in [0.1, 0.15) is 11.7 Å². The summed E-state index contributed by atoms with van der Waals surface area (Å²) in [7, 11) is 0. The topological polar surface area (TPSA) is 67.7 Å². The summed E-state index contributed by atoms with van der Waals surface area (Å²) >= 11 is 6.12. The van der Waals surface area contributed by atoms with E-state index in [-0.39, 0.29) is 5.84 Å². The van der Waals surface area contributed by atoms with Crippen molar-refractivity contribution >= 4 is 17.4 Å². The molecule has 4 nitrogen and oxygen atoms in total. The van der Waals surface area contributed by atoms with Crippen LogP contribution in [0.15, 0.2) is 30.6 Å². The second-order valence-corrected chi connectivity index (χ2v) is 4.42. The molecule has 5 heteroatoms. The van der Waals surface area contributed by atoms with Gasteiger partial charge in [-0.25, -0.2) is 4.98 Å². The average molecular weight is 263 g/mol. The Bertz CT molecular complexity index is 574. The first-order chi connectivity index (χ1) is 8.65. The van der Waals surface area contributed by atoms with Gasteiger partial charge in [0.25, 0.3) is 0 Å². The molecule has 2 rings (SSSR count). The van der Waals surface area contributed by atoms with E-state index in [1.807, 2.05) is 22.9 Å². The molecule has 0 aliphatic carbocycles. The predicted octanol–water partition coefficient (Wildman–Crippen LogP) is 2.76. The standard InChI is InChI=1S/C13H15ClN4/c1-2-4-11-17-7-8-18(11)10-6-3-5-9(14)12(10)13(15)16/h3,5-8H,2,4H2,1H3,(H3,15,16). The molecule has 0 radical (unpaired) electrons. The fourth-order valence-corrected chi connectivity index (χ4v) is 2.21. The Morgan fingerprint density at radius 3 is 2.94 bits per heavy atom. The normalized spacial score (nSPS) is 10.6. The Balaban J connectivity index is 2.60. The quantitative estimate of drug-likeness (QED) is 0.657. The summed E-state index contributed by atoms with van der Waals surface area (Å²) in [4.78, 5) is 4.32. The van der Waals surface area contributed by atoms with Crippen molar-refractivity contribution in [3.05, 3.63) is 47.0 Å². The van der Waals surface area contributed by atoms with E-state index in [0.717, 1.165) is 24.4 Å². The van der Waals surface area contributed by atoms with Crippen molar-refractivity contribution in [3.63, 3.8) is 0 Å². The monoisotopic (exact) mass is 262 g/mol. The first-order valence-corrected chi connectivity index (χ1v) is 6.18. The Kier molecular flexibility index (Phi) is 3.67. The molecule has 0 unspecified atom stereocenters. The molecular weight excluding hydrogens is 248 g/mol. The highest BCUT2D eigenvalue weighted by Crippen LogP contribution is 2.24. The highest BCUT2D eigenvalue weighted by Gasteiger charge is 2.13. The van der Waals surface area contributed by atoms with Crippen molar-refractivity contribution in [1.82, 2.24) is 9.55 Å². The van der Waals surface area contributed by atoms with Crippen LogP contribution >= 0.6 is 11.6 Å². The number of amidine groups is 1. The van der Waals surface area contributed by atoms with E-state index in [4.69, 9.17) is 22.7 Å². The maximum absolute atomic E-state index is 7.65. The van der Waals surface area contributed by atoms with Crippen molar-refractivity contribution in [2.75, 3.05) is 0 Å². The first kappa shape index (κ1) is 12.6. The fraction of sp³-hybridized carbons (Fsp3) is 0.231. The van der Waals surface area contributed by atoms with Crippen LogP contribution < -0.4 is 5.73 Å². The van der Waals surface area contributed by atoms with Crippen LogP contribution in [-0.2, 0) is 6.42 Å². The molecule has 0 fully saturated rings. The number of hydrogen-bond donors (Lipinski definition) is 2. The summed E-state index contributed by atoms with van der Waals surface area (Å²) in [6.07, 6.45) is 5.49. The number of nitrogen functional groups attached to an aromatic ring is 1. The molecule has 0 aliphatic rings. The zero-order valence-electron chi connectivity index (χ0n) is 10.2. The van der Waals surface area contributed by atoms with Gasteiger partial charge in [-0.05, 0) is 18.6 Å². The Morgan fingerprint density at radius 1 is 1.50 bits per heavy atom. The molecule has 0 amide bonds. The molecule has 0 spiro atoms. The van der Waals surface area contributed by atoms with Crippen molar-refractivity contribution in [2.24, 2.45) is 5.73 Å². The van der Waals surface area contributed by atoms with Gasteiger partial charge in [-0.3, -0.25) is 5.41 Å². The number of aromatic nitrogens is 2. The third-order valence-corrected chi connectivity index (χ3v) is 3.03. The molecule has 3 N–H and O–H groups in total. The summed E-state index contributed by atoms with van der Waals surface area (Å²) in [6.45, 7) is 2.10. The average Bonchev–Trinajstić information content (AvgIpc) is 2.76. The lowest BCUT2D eigenvalue weighted by molar-refractivity contribution is 0.808. The van der Waals surface area contributed by atoms with Crippen LogP contribution in [0.4, 0.5) is 0 Å². The number of rotatable bonds is 4. The molecule has 0 aliphatic heterocycles. The van der Waals surface area contributed by atoms with E-state index >= 15 is 0 Å². The number of nitrogens with one attached hydrogen (secondary N) is 1. The number of imidazole rings is 1. The number of halogens is 1. The molecule has 1 aromatic carbocycles. The van der Waals surface area contributed by atoms with E-state index < -0.39 is 0 Å². The van der Waals surface area contributed by atoms with Gasteiger partial charge in [-0.15, -0.1) is 0 Å². The van der Waals surface area contributed by atoms with Gasteiger partial charge in [0.05, 0.1) is 16.3 Å². The third-order valence-electron chi connectivity index (χ3n) is 2.71. The summed E-state index contributed by atoms with van der Waals surface area (Å²) in [6, 6.07) is 5.47. The van der Waals surface area contributed by atoms with Crippen LogP contribution in [0.1, 0.15) is 24.7 Å². The van der Waals surface area contributed by atoms with E-state index in [9.17, 15) is 0 Å². The largest absolute Gasteiger partial charge is 0.384 e. The van der Waals surface area contributed by atoms with Gasteiger partial charge in [-0.2, -0.15) is 0 Å². The highest BCUT2D eigenvalue weighted by atomic mass is 35.5. The summed E-state index contributed by atoms with van der Waals surface area (Å²) in [5.41, 5.74) is 6.96. The lowest BCUT2D eigenvalue weighted by Gasteiger charge is -2.13. The maximum atomic E-state index is 7.65. The van der Waals surface area contributed by atoms with E-state index in [1.54, 1.807) is 12.3 Å². The van der Waals surface area contributed by atoms with Crippen molar-refractivity contribution in [3.8, 4) is 5.69 Å². The van der Waals surface area contributed by atoms with Crippen LogP contribution in [-0.4, -0.2) is 15.4 Å². The molecule has 1 aromatic heterocycles. The van der Waals surface area contributed by atoms with Crippen LogP contribution in [0.5, 0.6) is 0 Å². The van der Waals surface area contributed by atoms with Crippen LogP contribution in [0.3, 0.4) is 0 Å². The first-order valence-electron chi connectivity index (χ1n) is 5.80. The van der Waals surface area contributed by atoms with Gasteiger partial charge in [0.2, 0.25) is 0 Å². The SMILES string of the molecule is CCCc1nccn1-c1cccc(Cl)c1C(=N)N. The molecule has 0 saturated heterocycles. The Morgan fingerprint density at radius 2 is 2.28 bits per heavy atom. The fourth-order valence-electron chi connectivity index (χ4n) is 1.94. The number of aryl methyl sites for hydroxylation is 1. The number of benzene rings is 1. The Labute approximate surface area is 111 Å². The highest BCUT2D eigenvalue weighted by molar-refractivity contribution is 6.34. The molecule has 0 bridgehead atoms. The van der Waals surface area contributed by atoms with Crippen LogP contribution in [0, 0.1) is 5.41 Å². The molecule has 18 heavy (non-hydrogen) atoms. The molecule has 2 aromatic rings. The minimum absolute atomic E-state index is 0.0354. The van der Waals surface area contributed by atoms with Crippen molar-refractivity contribution in [2.45, 2.75) is 19.8 Å². The van der Waals surface area contributed by atoms with Crippen molar-refractivity contribution in [1.29, 1.82) is 5.41 Å². The number of hydrogen-bond acceptors (Lipinski definition) is 2. The minimum Gasteiger partial charge on any atom is -0.384 e. The van der Waals surface area contributed by atoms with Gasteiger partial charge in [-0.1, -0.05) is 24.6 Å². The number of nitrogens with two attached hydrogens (primary N) is 1. The summed E-state index contributed by atoms with van der Waals surface area (Å²) in [5.74, 6) is 0.911. The molecule has 0 saturated carbocycles. The molecule has 0 atom stereocenters. The maximum Gasteiger partial charge on any atom is 0.126 e. The number of nitrogens with zero attached hydrogens (tertiary/aromatic N) is 2. The smallest absolute Gasteiger partial charge is 0.126 e. The van der Waals surface area contributed by atoms with E-state index in [1.165, 1.54) is 0 Å². The molecular formula is C13H15ClN4.